The van der Waals surface area contributed by atoms with Gasteiger partial charge in [-0.2, -0.15) is 0 Å². The Morgan fingerprint density at radius 2 is 1.89 bits per heavy atom. The monoisotopic (exact) mass is 491 g/mol. The molecule has 1 saturated carbocycles. The first-order valence-corrected chi connectivity index (χ1v) is 12.1. The number of likely N-dealkylation sites (tertiary alicyclic amines) is 1. The van der Waals surface area contributed by atoms with Gasteiger partial charge in [0.05, 0.1) is 25.3 Å². The number of anilines is 1. The van der Waals surface area contributed by atoms with Gasteiger partial charge < -0.3 is 15.5 Å². The van der Waals surface area contributed by atoms with E-state index in [1.165, 1.54) is 29.6 Å². The predicted molar refractivity (Wildman–Crippen MR) is 130 cm³/mol. The highest BCUT2D eigenvalue weighted by Gasteiger charge is 2.40. The maximum atomic E-state index is 14.9. The first-order chi connectivity index (χ1) is 17.5. The highest BCUT2D eigenvalue weighted by molar-refractivity contribution is 5.90. The highest BCUT2D eigenvalue weighted by atomic mass is 19.1. The zero-order chi connectivity index (χ0) is 25.1. The maximum absolute atomic E-state index is 14.9. The number of carbonyl (C=O) groups is 2. The van der Waals surface area contributed by atoms with Crippen LogP contribution in [0.3, 0.4) is 0 Å². The van der Waals surface area contributed by atoms with Crippen LogP contribution in [-0.4, -0.2) is 52.0 Å². The zero-order valence-electron chi connectivity index (χ0n) is 19.6. The second-order valence-corrected chi connectivity index (χ2v) is 9.25. The number of halogens is 2. The van der Waals surface area contributed by atoms with Gasteiger partial charge in [0.15, 0.2) is 0 Å². The van der Waals surface area contributed by atoms with Gasteiger partial charge in [-0.05, 0) is 41.5 Å². The molecule has 2 aromatic carbocycles. The first kappa shape index (κ1) is 23.8. The van der Waals surface area contributed by atoms with Crippen LogP contribution < -0.4 is 10.6 Å². The van der Waals surface area contributed by atoms with Crippen LogP contribution in [0.1, 0.15) is 47.9 Å². The molecule has 3 aromatic rings. The lowest BCUT2D eigenvalue weighted by Gasteiger charge is -2.27. The summed E-state index contributed by atoms with van der Waals surface area (Å²) in [7, 11) is 0. The number of amides is 2. The number of nitrogens with zero attached hydrogens (tertiary/aromatic N) is 3. The predicted octanol–water partition coefficient (Wildman–Crippen LogP) is 3.75. The van der Waals surface area contributed by atoms with Gasteiger partial charge >= 0.3 is 0 Å². The van der Waals surface area contributed by atoms with Crippen molar-refractivity contribution in [2.24, 2.45) is 0 Å². The third-order valence-electron chi connectivity index (χ3n) is 6.65. The second kappa shape index (κ2) is 10.4. The number of hydrogen-bond acceptors (Lipinski definition) is 5. The minimum absolute atomic E-state index is 0.0980. The smallest absolute Gasteiger partial charge is 0.243 e. The largest absolute Gasteiger partial charge is 0.360 e. The van der Waals surface area contributed by atoms with Gasteiger partial charge in [0, 0.05) is 18.8 Å². The van der Waals surface area contributed by atoms with Crippen LogP contribution >= 0.6 is 0 Å². The summed E-state index contributed by atoms with van der Waals surface area (Å²) in [6, 6.07) is 12.7. The van der Waals surface area contributed by atoms with Gasteiger partial charge in [-0.25, -0.2) is 13.8 Å². The first-order valence-electron chi connectivity index (χ1n) is 12.1. The molecule has 9 heteroatoms. The fourth-order valence-electron chi connectivity index (χ4n) is 4.66. The van der Waals surface area contributed by atoms with Crippen LogP contribution in [0.25, 0.3) is 0 Å². The van der Waals surface area contributed by atoms with Crippen molar-refractivity contribution in [1.82, 2.24) is 20.2 Å². The summed E-state index contributed by atoms with van der Waals surface area (Å²) in [5.74, 6) is -0.523. The van der Waals surface area contributed by atoms with Gasteiger partial charge in [-0.1, -0.05) is 42.5 Å². The molecule has 0 unspecified atom stereocenters. The standard InChI is InChI=1S/C27H27F2N5O2/c28-20-13-23(34(16-20)25(35)15-32-24-14-30-10-11-31-24)27(36)33-26(18-4-2-1-3-5-18)19-8-9-21(17-6-7-17)22(29)12-19/h1-5,8-12,14,17,20,23,26H,6-7,13,15-16H2,(H,31,32)(H,33,36)/t20-,23+,26+/m1/s1. The quantitative estimate of drug-likeness (QED) is 0.501. The van der Waals surface area contributed by atoms with Crippen LogP contribution in [0.2, 0.25) is 0 Å². The van der Waals surface area contributed by atoms with Crippen molar-refractivity contribution in [2.75, 3.05) is 18.4 Å². The normalized spacial score (nSPS) is 20.1. The Morgan fingerprint density at radius 1 is 1.08 bits per heavy atom. The number of carbonyl (C=O) groups excluding carboxylic acids is 2. The van der Waals surface area contributed by atoms with Crippen LogP contribution in [0, 0.1) is 5.82 Å². The molecule has 36 heavy (non-hydrogen) atoms. The second-order valence-electron chi connectivity index (χ2n) is 9.25. The summed E-state index contributed by atoms with van der Waals surface area (Å²) < 4.78 is 29.3. The summed E-state index contributed by atoms with van der Waals surface area (Å²) in [5, 5.41) is 5.81. The van der Waals surface area contributed by atoms with Crippen LogP contribution in [0.4, 0.5) is 14.6 Å². The summed E-state index contributed by atoms with van der Waals surface area (Å²) in [5.41, 5.74) is 2.05. The van der Waals surface area contributed by atoms with E-state index in [4.69, 9.17) is 0 Å². The van der Waals surface area contributed by atoms with Crippen LogP contribution in [0.5, 0.6) is 0 Å². The molecule has 0 bridgehead atoms. The Kier molecular flexibility index (Phi) is 6.88. The van der Waals surface area contributed by atoms with Crippen molar-refractivity contribution in [3.05, 3.63) is 89.6 Å². The van der Waals surface area contributed by atoms with Gasteiger partial charge in [0.1, 0.15) is 23.8 Å². The number of nitrogens with one attached hydrogen (secondary N) is 2. The molecule has 2 heterocycles. The third-order valence-corrected chi connectivity index (χ3v) is 6.65. The Bertz CT molecular complexity index is 1220. The molecule has 2 fully saturated rings. The highest BCUT2D eigenvalue weighted by Crippen LogP contribution is 2.42. The van der Waals surface area contributed by atoms with Crippen molar-refractivity contribution < 1.29 is 18.4 Å². The van der Waals surface area contributed by atoms with E-state index in [0.717, 1.165) is 18.4 Å². The Balaban J connectivity index is 1.34. The van der Waals surface area contributed by atoms with E-state index in [1.54, 1.807) is 6.07 Å². The topological polar surface area (TPSA) is 87.2 Å². The number of rotatable bonds is 8. The van der Waals surface area contributed by atoms with Crippen LogP contribution in [0.15, 0.2) is 67.1 Å². The van der Waals surface area contributed by atoms with Gasteiger partial charge in [0.25, 0.3) is 0 Å². The lowest BCUT2D eigenvalue weighted by atomic mass is 9.96. The Labute approximate surface area is 208 Å². The lowest BCUT2D eigenvalue weighted by Crippen LogP contribution is -2.48. The van der Waals surface area contributed by atoms with E-state index in [2.05, 4.69) is 20.6 Å². The minimum atomic E-state index is -1.31. The summed E-state index contributed by atoms with van der Waals surface area (Å²) >= 11 is 0. The number of hydrogen-bond donors (Lipinski definition) is 2. The molecular weight excluding hydrogens is 464 g/mol. The van der Waals surface area contributed by atoms with Gasteiger partial charge in [0.2, 0.25) is 11.8 Å². The van der Waals surface area contributed by atoms with E-state index in [1.807, 2.05) is 36.4 Å². The molecule has 1 aliphatic carbocycles. The molecule has 1 saturated heterocycles. The fraction of sp³-hybridized carbons (Fsp3) is 0.333. The molecule has 7 nitrogen and oxygen atoms in total. The molecule has 1 aliphatic heterocycles. The van der Waals surface area contributed by atoms with Crippen molar-refractivity contribution in [3.63, 3.8) is 0 Å². The van der Waals surface area contributed by atoms with E-state index in [0.29, 0.717) is 16.9 Å². The molecule has 1 aromatic heterocycles. The third kappa shape index (κ3) is 5.35. The summed E-state index contributed by atoms with van der Waals surface area (Å²) in [6.07, 6.45) is 5.02. The summed E-state index contributed by atoms with van der Waals surface area (Å²) in [4.78, 5) is 35.5. The van der Waals surface area contributed by atoms with E-state index in [-0.39, 0.29) is 31.2 Å². The maximum Gasteiger partial charge on any atom is 0.243 e. The Hall–Kier alpha value is -3.88. The van der Waals surface area contributed by atoms with Crippen molar-refractivity contribution in [3.8, 4) is 0 Å². The minimum Gasteiger partial charge on any atom is -0.360 e. The molecule has 0 radical (unpaired) electrons. The molecule has 5 rings (SSSR count). The van der Waals surface area contributed by atoms with Crippen molar-refractivity contribution in [1.29, 1.82) is 0 Å². The molecular formula is C27H27F2N5O2. The van der Waals surface area contributed by atoms with E-state index >= 15 is 0 Å². The fourth-order valence-corrected chi connectivity index (χ4v) is 4.66. The summed E-state index contributed by atoms with van der Waals surface area (Å²) in [6.45, 7) is -0.315. The van der Waals surface area contributed by atoms with E-state index in [9.17, 15) is 18.4 Å². The number of aromatic nitrogens is 2. The van der Waals surface area contributed by atoms with E-state index < -0.39 is 30.1 Å². The molecule has 0 spiro atoms. The molecule has 2 amide bonds. The Morgan fingerprint density at radius 3 is 2.58 bits per heavy atom. The molecule has 2 N–H and O–H groups in total. The average Bonchev–Trinajstić information content (AvgIpc) is 3.67. The number of benzene rings is 2. The number of alkyl halides is 1. The van der Waals surface area contributed by atoms with Crippen molar-refractivity contribution in [2.45, 2.75) is 43.4 Å². The van der Waals surface area contributed by atoms with Gasteiger partial charge in [-0.3, -0.25) is 14.6 Å². The molecule has 2 aliphatic rings. The van der Waals surface area contributed by atoms with Gasteiger partial charge in [-0.15, -0.1) is 0 Å². The SMILES string of the molecule is O=C(N[C@@H](c1ccccc1)c1ccc(C2CC2)c(F)c1)[C@@H]1C[C@@H](F)CN1C(=O)CNc1cnccn1. The molecule has 3 atom stereocenters. The zero-order valence-corrected chi connectivity index (χ0v) is 19.6. The van der Waals surface area contributed by atoms with Crippen molar-refractivity contribution >= 4 is 17.6 Å². The lowest BCUT2D eigenvalue weighted by molar-refractivity contribution is -0.137. The van der Waals surface area contributed by atoms with Crippen LogP contribution in [-0.2, 0) is 9.59 Å². The average molecular weight is 492 g/mol. The molecule has 186 valence electrons.